The van der Waals surface area contributed by atoms with Crippen LogP contribution in [-0.2, 0) is 21.7 Å². The zero-order chi connectivity index (χ0) is 23.6. The van der Waals surface area contributed by atoms with E-state index in [2.05, 4.69) is 15.5 Å². The van der Waals surface area contributed by atoms with Crippen LogP contribution in [0, 0.1) is 6.92 Å². The van der Waals surface area contributed by atoms with Crippen molar-refractivity contribution < 1.29 is 18.8 Å². The van der Waals surface area contributed by atoms with Crippen molar-refractivity contribution in [3.8, 4) is 10.8 Å². The minimum absolute atomic E-state index is 0.101. The molecule has 0 spiro atoms. The summed E-state index contributed by atoms with van der Waals surface area (Å²) in [5, 5.41) is 12.7. The molecule has 1 aliphatic rings. The van der Waals surface area contributed by atoms with Crippen LogP contribution in [0.25, 0.3) is 10.8 Å². The number of hydrogen-bond donors (Lipinski definition) is 1. The Kier molecular flexibility index (Phi) is 6.28. The summed E-state index contributed by atoms with van der Waals surface area (Å²) in [6, 6.07) is 10.5. The number of aryl methyl sites for hydroxylation is 1. The standard InChI is InChI=1S/C23H25N5O4S/c1-4-11-27(13-18-25-26-20(32-18)17-6-5-12-33-17)19(29)14-28-21(30)23(3,24-22(28)31)16-9-7-15(2)8-10-16/h5-10,12H,4,11,13-14H2,1-3H3,(H,24,31). The van der Waals surface area contributed by atoms with Crippen LogP contribution in [0.15, 0.2) is 46.2 Å². The van der Waals surface area contributed by atoms with E-state index in [1.54, 1.807) is 6.92 Å². The van der Waals surface area contributed by atoms with E-state index in [1.807, 2.05) is 55.6 Å². The van der Waals surface area contributed by atoms with Gasteiger partial charge in [0.25, 0.3) is 11.8 Å². The molecule has 33 heavy (non-hydrogen) atoms. The second-order valence-electron chi connectivity index (χ2n) is 8.11. The van der Waals surface area contributed by atoms with Crippen LogP contribution in [0.2, 0.25) is 0 Å². The van der Waals surface area contributed by atoms with Crippen molar-refractivity contribution in [2.24, 2.45) is 0 Å². The molecule has 0 saturated carbocycles. The van der Waals surface area contributed by atoms with Crippen LogP contribution in [0.5, 0.6) is 0 Å². The first-order valence-corrected chi connectivity index (χ1v) is 11.5. The lowest BCUT2D eigenvalue weighted by molar-refractivity contribution is -0.139. The molecule has 0 bridgehead atoms. The number of imide groups is 1. The van der Waals surface area contributed by atoms with Crippen molar-refractivity contribution in [3.05, 3.63) is 58.8 Å². The van der Waals surface area contributed by atoms with Gasteiger partial charge in [-0.15, -0.1) is 21.5 Å². The fraction of sp³-hybridized carbons (Fsp3) is 0.348. The number of nitrogens with zero attached hydrogens (tertiary/aromatic N) is 4. The summed E-state index contributed by atoms with van der Waals surface area (Å²) in [7, 11) is 0. The van der Waals surface area contributed by atoms with E-state index in [0.29, 0.717) is 30.3 Å². The Labute approximate surface area is 195 Å². The molecule has 1 aliphatic heterocycles. The number of hydrogen-bond acceptors (Lipinski definition) is 7. The number of carbonyl (C=O) groups excluding carboxylic acids is 3. The van der Waals surface area contributed by atoms with Gasteiger partial charge in [-0.05, 0) is 37.3 Å². The third-order valence-corrected chi connectivity index (χ3v) is 6.43. The summed E-state index contributed by atoms with van der Waals surface area (Å²) in [6.45, 7) is 5.70. The lowest BCUT2D eigenvalue weighted by Crippen LogP contribution is -2.44. The Hall–Kier alpha value is -3.53. The molecule has 1 atom stereocenters. The van der Waals surface area contributed by atoms with E-state index in [4.69, 9.17) is 4.42 Å². The maximum atomic E-state index is 13.2. The largest absolute Gasteiger partial charge is 0.418 e. The second-order valence-corrected chi connectivity index (χ2v) is 9.05. The molecule has 3 heterocycles. The first-order valence-electron chi connectivity index (χ1n) is 10.7. The average molecular weight is 468 g/mol. The van der Waals surface area contributed by atoms with Crippen LogP contribution in [0.4, 0.5) is 4.79 Å². The summed E-state index contributed by atoms with van der Waals surface area (Å²) in [4.78, 5) is 42.2. The minimum atomic E-state index is -1.22. The Morgan fingerprint density at radius 3 is 2.64 bits per heavy atom. The third kappa shape index (κ3) is 4.51. The predicted octanol–water partition coefficient (Wildman–Crippen LogP) is 3.31. The van der Waals surface area contributed by atoms with Crippen molar-refractivity contribution in [1.82, 2.24) is 25.3 Å². The summed E-state index contributed by atoms with van der Waals surface area (Å²) in [5.41, 5.74) is 0.492. The first-order chi connectivity index (χ1) is 15.8. The fourth-order valence-electron chi connectivity index (χ4n) is 3.70. The Morgan fingerprint density at radius 1 is 1.21 bits per heavy atom. The van der Waals surface area contributed by atoms with Gasteiger partial charge < -0.3 is 14.6 Å². The van der Waals surface area contributed by atoms with Crippen molar-refractivity contribution in [1.29, 1.82) is 0 Å². The topological polar surface area (TPSA) is 109 Å². The van der Waals surface area contributed by atoms with Crippen molar-refractivity contribution in [3.63, 3.8) is 0 Å². The molecule has 1 N–H and O–H groups in total. The highest BCUT2D eigenvalue weighted by molar-refractivity contribution is 7.13. The Balaban J connectivity index is 1.47. The highest BCUT2D eigenvalue weighted by atomic mass is 32.1. The maximum absolute atomic E-state index is 13.2. The number of carbonyl (C=O) groups is 3. The van der Waals surface area contributed by atoms with Gasteiger partial charge >= 0.3 is 6.03 Å². The van der Waals surface area contributed by atoms with Gasteiger partial charge in [0.15, 0.2) is 0 Å². The molecule has 3 aromatic rings. The van der Waals surface area contributed by atoms with Crippen molar-refractivity contribution in [2.75, 3.05) is 13.1 Å². The van der Waals surface area contributed by atoms with Crippen LogP contribution in [-0.4, -0.2) is 50.9 Å². The number of rotatable bonds is 8. The summed E-state index contributed by atoms with van der Waals surface area (Å²) >= 11 is 1.48. The van der Waals surface area contributed by atoms with Crippen molar-refractivity contribution in [2.45, 2.75) is 39.3 Å². The van der Waals surface area contributed by atoms with Gasteiger partial charge in [0.05, 0.1) is 11.4 Å². The minimum Gasteiger partial charge on any atom is -0.418 e. The Bertz CT molecular complexity index is 1160. The van der Waals surface area contributed by atoms with E-state index < -0.39 is 17.5 Å². The number of benzene rings is 1. The first kappa shape index (κ1) is 22.7. The molecule has 10 heteroatoms. The quantitative estimate of drug-likeness (QED) is 0.509. The van der Waals surface area contributed by atoms with Crippen LogP contribution >= 0.6 is 11.3 Å². The number of thiophene rings is 1. The van der Waals surface area contributed by atoms with Crippen LogP contribution < -0.4 is 5.32 Å². The highest BCUT2D eigenvalue weighted by Crippen LogP contribution is 2.29. The predicted molar refractivity (Wildman–Crippen MR) is 122 cm³/mol. The van der Waals surface area contributed by atoms with Gasteiger partial charge in [0.2, 0.25) is 11.8 Å². The number of nitrogens with one attached hydrogen (secondary N) is 1. The normalized spacial score (nSPS) is 18.0. The van der Waals surface area contributed by atoms with Crippen molar-refractivity contribution >= 4 is 29.2 Å². The van der Waals surface area contributed by atoms with E-state index in [9.17, 15) is 14.4 Å². The molecule has 1 fully saturated rings. The lowest BCUT2D eigenvalue weighted by atomic mass is 9.91. The fourth-order valence-corrected chi connectivity index (χ4v) is 4.34. The molecule has 4 amide bonds. The van der Waals surface area contributed by atoms with E-state index in [1.165, 1.54) is 16.2 Å². The van der Waals surface area contributed by atoms with Gasteiger partial charge in [0.1, 0.15) is 12.1 Å². The molecule has 9 nitrogen and oxygen atoms in total. The van der Waals surface area contributed by atoms with Gasteiger partial charge in [-0.3, -0.25) is 14.5 Å². The zero-order valence-corrected chi connectivity index (χ0v) is 19.5. The SMILES string of the molecule is CCCN(Cc1nnc(-c2cccs2)o1)C(=O)CN1C(=O)NC(C)(c2ccc(C)cc2)C1=O. The molecule has 4 rings (SSSR count). The maximum Gasteiger partial charge on any atom is 0.325 e. The third-order valence-electron chi connectivity index (χ3n) is 5.57. The van der Waals surface area contributed by atoms with E-state index >= 15 is 0 Å². The zero-order valence-electron chi connectivity index (χ0n) is 18.7. The number of aromatic nitrogens is 2. The summed E-state index contributed by atoms with van der Waals surface area (Å²) < 4.78 is 5.70. The van der Waals surface area contributed by atoms with Gasteiger partial charge in [-0.1, -0.05) is 42.8 Å². The smallest absolute Gasteiger partial charge is 0.325 e. The number of urea groups is 1. The molecule has 0 radical (unpaired) electrons. The molecule has 1 aromatic carbocycles. The highest BCUT2D eigenvalue weighted by Gasteiger charge is 2.49. The second kappa shape index (κ2) is 9.14. The van der Waals surface area contributed by atoms with Gasteiger partial charge in [-0.2, -0.15) is 0 Å². The molecule has 1 saturated heterocycles. The summed E-state index contributed by atoms with van der Waals surface area (Å²) in [5.74, 6) is -0.142. The number of amides is 4. The van der Waals surface area contributed by atoms with Gasteiger partial charge in [0, 0.05) is 6.54 Å². The van der Waals surface area contributed by atoms with Crippen LogP contribution in [0.1, 0.15) is 37.3 Å². The molecule has 0 aliphatic carbocycles. The molecular formula is C23H25N5O4S. The molecular weight excluding hydrogens is 442 g/mol. The van der Waals surface area contributed by atoms with Crippen LogP contribution in [0.3, 0.4) is 0 Å². The lowest BCUT2D eigenvalue weighted by Gasteiger charge is -2.24. The van der Waals surface area contributed by atoms with Gasteiger partial charge in [-0.25, -0.2) is 4.79 Å². The molecule has 172 valence electrons. The Morgan fingerprint density at radius 2 is 1.97 bits per heavy atom. The molecule has 2 aromatic heterocycles. The van der Waals surface area contributed by atoms with E-state index in [-0.39, 0.29) is 19.0 Å². The van der Waals surface area contributed by atoms with E-state index in [0.717, 1.165) is 15.3 Å². The average Bonchev–Trinajstić information content (AvgIpc) is 3.52. The summed E-state index contributed by atoms with van der Waals surface area (Å²) in [6.07, 6.45) is 0.693. The molecule has 1 unspecified atom stereocenters. The monoisotopic (exact) mass is 467 g/mol.